The van der Waals surface area contributed by atoms with E-state index in [4.69, 9.17) is 27.0 Å². The number of carbonyl (C=O) groups excluding carboxylic acids is 1. The molecule has 0 heterocycles. The van der Waals surface area contributed by atoms with Gasteiger partial charge in [0.1, 0.15) is 6.04 Å². The molecule has 0 amide bonds. The summed E-state index contributed by atoms with van der Waals surface area (Å²) in [4.78, 5) is 18.4. The molecule has 0 aliphatic carbocycles. The van der Waals surface area contributed by atoms with Gasteiger partial charge in [0.15, 0.2) is 5.96 Å². The third-order valence-electron chi connectivity index (χ3n) is 4.51. The quantitative estimate of drug-likeness (QED) is 0.131. The van der Waals surface area contributed by atoms with Gasteiger partial charge in [0.2, 0.25) is 10.0 Å². The number of fused-ring (bicyclic) bond motifs is 1. The minimum atomic E-state index is -4.02. The molecule has 0 spiro atoms. The van der Waals surface area contributed by atoms with Crippen LogP contribution in [0.4, 0.5) is 5.69 Å². The number of ether oxygens (including phenoxy) is 1. The van der Waals surface area contributed by atoms with Gasteiger partial charge < -0.3 is 21.1 Å². The average Bonchev–Trinajstić information content (AvgIpc) is 2.75. The van der Waals surface area contributed by atoms with Crippen LogP contribution in [-0.4, -0.2) is 53.1 Å². The fourth-order valence-electron chi connectivity index (χ4n) is 3.18. The molecule has 0 aliphatic heterocycles. The molecular weight excluding hydrogens is 517 g/mol. The summed E-state index contributed by atoms with van der Waals surface area (Å²) in [5.41, 5.74) is 11.5. The number of hydrogen-bond donors (Lipinski definition) is 3. The van der Waals surface area contributed by atoms with Crippen molar-refractivity contribution < 1.29 is 17.9 Å². The number of nitrogens with zero attached hydrogens (tertiary/aromatic N) is 4. The molecule has 0 fully saturated rings. The van der Waals surface area contributed by atoms with Crippen molar-refractivity contribution in [1.82, 2.24) is 4.72 Å². The molecular formula is C21H33Cl2N7O4S. The predicted octanol–water partition coefficient (Wildman–Crippen LogP) is 2.43. The standard InChI is InChI=1S/C21H31N5O4S.2ClH.N2/c1-14(2)30-20(27)17(10-7-13-24-21(22)23)25-31(28,29)19-12-6-8-15-16(19)9-5-11-18(15)26(3)4;;;1-2/h5-6,8-9,11-12,14,17,25H,7,10,13H2,1-4H3,(H4,22,23,24);2*1H;/t17-;;;/m0.../s1. The molecule has 35 heavy (non-hydrogen) atoms. The first-order valence-corrected chi connectivity index (χ1v) is 11.7. The van der Waals surface area contributed by atoms with Crippen molar-refractivity contribution in [2.24, 2.45) is 16.5 Å². The Hall–Kier alpha value is -2.85. The van der Waals surface area contributed by atoms with Crippen molar-refractivity contribution in [3.63, 3.8) is 0 Å². The van der Waals surface area contributed by atoms with Crippen molar-refractivity contribution in [1.29, 1.82) is 10.8 Å². The van der Waals surface area contributed by atoms with Gasteiger partial charge in [-0.25, -0.2) is 8.42 Å². The number of nitrogens with one attached hydrogen (secondary N) is 1. The van der Waals surface area contributed by atoms with Gasteiger partial charge in [0.25, 0.3) is 0 Å². The van der Waals surface area contributed by atoms with E-state index >= 15 is 0 Å². The molecule has 2 aromatic carbocycles. The maximum Gasteiger partial charge on any atom is 0.324 e. The Morgan fingerprint density at radius 2 is 1.66 bits per heavy atom. The first-order valence-electron chi connectivity index (χ1n) is 10.2. The first-order chi connectivity index (χ1) is 15.5. The summed E-state index contributed by atoms with van der Waals surface area (Å²) in [7, 11) is -0.234. The lowest BCUT2D eigenvalue weighted by Gasteiger charge is -2.20. The van der Waals surface area contributed by atoms with Crippen LogP contribution in [-0.2, 0) is 19.6 Å². The summed E-state index contributed by atoms with van der Waals surface area (Å²) >= 11 is 0. The number of carbonyl (C=O) groups is 1. The molecule has 0 saturated heterocycles. The summed E-state index contributed by atoms with van der Waals surface area (Å²) < 4.78 is 34.3. The van der Waals surface area contributed by atoms with E-state index in [-0.39, 0.29) is 54.7 Å². The number of hydrogen-bond acceptors (Lipinski definition) is 8. The molecule has 14 heteroatoms. The average molecular weight is 551 g/mol. The van der Waals surface area contributed by atoms with Crippen LogP contribution in [0.15, 0.2) is 46.3 Å². The Balaban J connectivity index is 0. The van der Waals surface area contributed by atoms with E-state index < -0.39 is 22.0 Å². The Morgan fingerprint density at radius 3 is 2.20 bits per heavy atom. The maximum absolute atomic E-state index is 13.3. The van der Waals surface area contributed by atoms with Crippen molar-refractivity contribution in [3.8, 4) is 0 Å². The minimum absolute atomic E-state index is 0. The van der Waals surface area contributed by atoms with Gasteiger partial charge in [-0.2, -0.15) is 4.72 Å². The van der Waals surface area contributed by atoms with E-state index in [1.807, 2.05) is 31.1 Å². The van der Waals surface area contributed by atoms with E-state index in [0.717, 1.165) is 11.1 Å². The Labute approximate surface area is 218 Å². The zero-order valence-corrected chi connectivity index (χ0v) is 22.5. The van der Waals surface area contributed by atoms with Crippen molar-refractivity contribution in [2.75, 3.05) is 25.5 Å². The Kier molecular flexibility index (Phi) is 15.6. The zero-order valence-electron chi connectivity index (χ0n) is 20.0. The van der Waals surface area contributed by atoms with Crippen LogP contribution < -0.4 is 21.1 Å². The molecule has 0 radical (unpaired) electrons. The zero-order chi connectivity index (χ0) is 25.2. The number of nitrogens with two attached hydrogens (primary N) is 2. The van der Waals surface area contributed by atoms with Gasteiger partial charge in [-0.1, -0.05) is 24.3 Å². The van der Waals surface area contributed by atoms with Crippen LogP contribution in [0.3, 0.4) is 0 Å². The SMILES string of the molecule is CC(C)OC(=O)[C@H](CCCN=C(N)N)NS(=O)(=O)c1cccc2c(N(C)C)cccc12.Cl.Cl.N#N. The summed E-state index contributed by atoms with van der Waals surface area (Å²) in [6.07, 6.45) is 0.214. The molecule has 0 unspecified atom stereocenters. The number of guanidine groups is 1. The van der Waals surface area contributed by atoms with Crippen LogP contribution in [0.25, 0.3) is 10.8 Å². The summed E-state index contributed by atoms with van der Waals surface area (Å²) in [5, 5.41) is 13.4. The number of esters is 1. The highest BCUT2D eigenvalue weighted by atomic mass is 35.5. The van der Waals surface area contributed by atoms with E-state index in [9.17, 15) is 13.2 Å². The Morgan fingerprint density at radius 1 is 1.09 bits per heavy atom. The van der Waals surface area contributed by atoms with Crippen molar-refractivity contribution in [2.45, 2.75) is 43.7 Å². The normalized spacial score (nSPS) is 11.2. The lowest BCUT2D eigenvalue weighted by molar-refractivity contribution is -0.149. The smallest absolute Gasteiger partial charge is 0.324 e. The van der Waals surface area contributed by atoms with Crippen LogP contribution in [0.1, 0.15) is 26.7 Å². The Bertz CT molecular complexity index is 1110. The lowest BCUT2D eigenvalue weighted by Crippen LogP contribution is -2.42. The first kappa shape index (κ1) is 34.3. The molecule has 0 bridgehead atoms. The molecule has 2 aromatic rings. The summed E-state index contributed by atoms with van der Waals surface area (Å²) in [5.74, 6) is -0.702. The number of sulfonamides is 1. The van der Waals surface area contributed by atoms with E-state index in [1.54, 1.807) is 32.0 Å². The number of halogens is 2. The van der Waals surface area contributed by atoms with Crippen LogP contribution in [0, 0.1) is 10.8 Å². The highest BCUT2D eigenvalue weighted by molar-refractivity contribution is 7.89. The topological polar surface area (TPSA) is 188 Å². The fourth-order valence-corrected chi connectivity index (χ4v) is 4.62. The highest BCUT2D eigenvalue weighted by Gasteiger charge is 2.28. The number of rotatable bonds is 10. The van der Waals surface area contributed by atoms with E-state index in [1.165, 1.54) is 6.07 Å². The summed E-state index contributed by atoms with van der Waals surface area (Å²) in [6, 6.07) is 9.47. The third-order valence-corrected chi connectivity index (χ3v) is 6.04. The second-order valence-electron chi connectivity index (χ2n) is 7.63. The molecule has 2 rings (SSSR count). The molecule has 11 nitrogen and oxygen atoms in total. The maximum atomic E-state index is 13.3. The number of aliphatic imine (C=N–C) groups is 1. The molecule has 0 aliphatic rings. The molecule has 196 valence electrons. The lowest BCUT2D eigenvalue weighted by atomic mass is 10.1. The fraction of sp³-hybridized carbons (Fsp3) is 0.429. The van der Waals surface area contributed by atoms with Crippen molar-refractivity contribution in [3.05, 3.63) is 36.4 Å². The van der Waals surface area contributed by atoms with Crippen LogP contribution >= 0.6 is 24.8 Å². The van der Waals surface area contributed by atoms with Crippen LogP contribution in [0.2, 0.25) is 0 Å². The van der Waals surface area contributed by atoms with Gasteiger partial charge >= 0.3 is 5.97 Å². The van der Waals surface area contributed by atoms with E-state index in [2.05, 4.69) is 9.71 Å². The van der Waals surface area contributed by atoms with E-state index in [0.29, 0.717) is 11.8 Å². The predicted molar refractivity (Wildman–Crippen MR) is 141 cm³/mol. The molecule has 0 saturated carbocycles. The van der Waals surface area contributed by atoms with Crippen LogP contribution in [0.5, 0.6) is 0 Å². The minimum Gasteiger partial charge on any atom is -0.462 e. The van der Waals surface area contributed by atoms with Gasteiger partial charge in [-0.15, -0.1) is 24.8 Å². The molecule has 0 aromatic heterocycles. The second-order valence-corrected chi connectivity index (χ2v) is 9.31. The molecule has 1 atom stereocenters. The number of anilines is 1. The third kappa shape index (κ3) is 10.1. The van der Waals surface area contributed by atoms with Crippen molar-refractivity contribution >= 4 is 63.2 Å². The van der Waals surface area contributed by atoms with Gasteiger partial charge in [-0.05, 0) is 38.8 Å². The summed E-state index contributed by atoms with van der Waals surface area (Å²) in [6.45, 7) is 3.68. The highest BCUT2D eigenvalue weighted by Crippen LogP contribution is 2.30. The monoisotopic (exact) mass is 549 g/mol. The largest absolute Gasteiger partial charge is 0.462 e. The second kappa shape index (κ2) is 15.9. The van der Waals surface area contributed by atoms with Gasteiger partial charge in [-0.3, -0.25) is 9.79 Å². The van der Waals surface area contributed by atoms with Gasteiger partial charge in [0.05, 0.1) is 11.0 Å². The molecule has 5 N–H and O–H groups in total. The van der Waals surface area contributed by atoms with Gasteiger partial charge in [0, 0.05) is 47.9 Å². The number of benzene rings is 2.